The van der Waals surface area contributed by atoms with Crippen LogP contribution in [0.5, 0.6) is 0 Å². The molecule has 0 amide bonds. The molecule has 20 heavy (non-hydrogen) atoms. The minimum absolute atomic E-state index is 0.0519. The van der Waals surface area contributed by atoms with Crippen LogP contribution in [0.4, 0.5) is 0 Å². The molecule has 0 saturated carbocycles. The summed E-state index contributed by atoms with van der Waals surface area (Å²) in [4.78, 5) is 16.8. The van der Waals surface area contributed by atoms with E-state index in [4.69, 9.17) is 11.6 Å². The summed E-state index contributed by atoms with van der Waals surface area (Å²) >= 11 is 5.84. The van der Waals surface area contributed by atoms with Gasteiger partial charge in [0.25, 0.3) is 5.56 Å². The van der Waals surface area contributed by atoms with Gasteiger partial charge < -0.3 is 0 Å². The summed E-state index contributed by atoms with van der Waals surface area (Å²) in [5.74, 6) is 0.0519. The van der Waals surface area contributed by atoms with Crippen molar-refractivity contribution in [2.75, 3.05) is 0 Å². The predicted molar refractivity (Wildman–Crippen MR) is 77.1 cm³/mol. The van der Waals surface area contributed by atoms with E-state index in [1.165, 1.54) is 4.57 Å². The van der Waals surface area contributed by atoms with Crippen LogP contribution in [-0.4, -0.2) is 9.55 Å². The Morgan fingerprint density at radius 1 is 1.10 bits per heavy atom. The van der Waals surface area contributed by atoms with Crippen LogP contribution in [-0.2, 0) is 0 Å². The van der Waals surface area contributed by atoms with E-state index in [0.29, 0.717) is 21.6 Å². The lowest BCUT2D eigenvalue weighted by molar-refractivity contribution is 0.933. The molecule has 3 aromatic rings. The van der Waals surface area contributed by atoms with Crippen molar-refractivity contribution < 1.29 is 0 Å². The highest BCUT2D eigenvalue weighted by molar-refractivity contribution is 6.30. The van der Waals surface area contributed by atoms with Gasteiger partial charge in [0.1, 0.15) is 6.07 Å². The third kappa shape index (κ3) is 1.94. The van der Waals surface area contributed by atoms with Crippen molar-refractivity contribution in [1.29, 1.82) is 5.26 Å². The summed E-state index contributed by atoms with van der Waals surface area (Å²) in [6.07, 6.45) is 0. The Balaban J connectivity index is 2.40. The van der Waals surface area contributed by atoms with Crippen LogP contribution in [0.15, 0.2) is 53.3 Å². The monoisotopic (exact) mass is 281 g/mol. The van der Waals surface area contributed by atoms with Crippen LogP contribution >= 0.6 is 11.6 Å². The summed E-state index contributed by atoms with van der Waals surface area (Å²) in [5, 5.41) is 10.3. The molecule has 0 aliphatic carbocycles. The van der Waals surface area contributed by atoms with E-state index in [0.717, 1.165) is 0 Å². The molecule has 0 saturated heterocycles. The van der Waals surface area contributed by atoms with Gasteiger partial charge in [0, 0.05) is 5.02 Å². The fourth-order valence-corrected chi connectivity index (χ4v) is 2.16. The first kappa shape index (κ1) is 12.4. The molecular weight excluding hydrogens is 274 g/mol. The number of halogens is 1. The SMILES string of the molecule is N#Cc1nc2ccccc2c(=O)n1-c1ccc(Cl)cc1. The van der Waals surface area contributed by atoms with Crippen LogP contribution < -0.4 is 5.56 Å². The van der Waals surface area contributed by atoms with Gasteiger partial charge in [-0.25, -0.2) is 4.98 Å². The lowest BCUT2D eigenvalue weighted by atomic mass is 10.2. The smallest absolute Gasteiger partial charge is 0.266 e. The third-order valence-corrected chi connectivity index (χ3v) is 3.21. The van der Waals surface area contributed by atoms with E-state index < -0.39 is 0 Å². The number of hydrogen-bond acceptors (Lipinski definition) is 3. The molecule has 0 aliphatic heterocycles. The third-order valence-electron chi connectivity index (χ3n) is 2.96. The maximum absolute atomic E-state index is 12.5. The number of aromatic nitrogens is 2. The van der Waals surface area contributed by atoms with Crippen molar-refractivity contribution in [2.45, 2.75) is 0 Å². The number of nitrogens with zero attached hydrogens (tertiary/aromatic N) is 3. The van der Waals surface area contributed by atoms with Gasteiger partial charge in [-0.2, -0.15) is 5.26 Å². The number of nitriles is 1. The van der Waals surface area contributed by atoms with Crippen LogP contribution in [0.3, 0.4) is 0 Å². The molecule has 0 N–H and O–H groups in total. The highest BCUT2D eigenvalue weighted by Gasteiger charge is 2.11. The quantitative estimate of drug-likeness (QED) is 0.689. The fourth-order valence-electron chi connectivity index (χ4n) is 2.04. The van der Waals surface area contributed by atoms with Crippen LogP contribution in [0, 0.1) is 11.3 Å². The van der Waals surface area contributed by atoms with Crippen LogP contribution in [0.1, 0.15) is 5.82 Å². The average Bonchev–Trinajstić information content (AvgIpc) is 2.48. The van der Waals surface area contributed by atoms with Crippen molar-refractivity contribution >= 4 is 22.5 Å². The molecule has 0 unspecified atom stereocenters. The summed E-state index contributed by atoms with van der Waals surface area (Å²) in [7, 11) is 0. The largest absolute Gasteiger partial charge is 0.268 e. The zero-order valence-electron chi connectivity index (χ0n) is 10.2. The first-order valence-corrected chi connectivity index (χ1v) is 6.26. The molecule has 2 aromatic carbocycles. The normalized spacial score (nSPS) is 10.4. The Morgan fingerprint density at radius 2 is 1.80 bits per heavy atom. The maximum atomic E-state index is 12.5. The van der Waals surface area contributed by atoms with Gasteiger partial charge >= 0.3 is 0 Å². The van der Waals surface area contributed by atoms with Gasteiger partial charge in [0.05, 0.1) is 16.6 Å². The molecular formula is C15H8ClN3O. The lowest BCUT2D eigenvalue weighted by Gasteiger charge is -2.09. The molecule has 0 atom stereocenters. The average molecular weight is 282 g/mol. The number of hydrogen-bond donors (Lipinski definition) is 0. The van der Waals surface area contributed by atoms with Crippen LogP contribution in [0.2, 0.25) is 5.02 Å². The Hall–Kier alpha value is -2.64. The summed E-state index contributed by atoms with van der Waals surface area (Å²) in [6, 6.07) is 15.6. The molecule has 0 bridgehead atoms. The summed E-state index contributed by atoms with van der Waals surface area (Å²) in [5.41, 5.74) is 0.808. The van der Waals surface area contributed by atoms with Crippen molar-refractivity contribution in [1.82, 2.24) is 9.55 Å². The molecule has 0 fully saturated rings. The summed E-state index contributed by atoms with van der Waals surface area (Å²) in [6.45, 7) is 0. The lowest BCUT2D eigenvalue weighted by Crippen LogP contribution is -2.22. The second kappa shape index (κ2) is 4.80. The molecule has 0 aliphatic rings. The second-order valence-electron chi connectivity index (χ2n) is 4.18. The molecule has 1 heterocycles. The van der Waals surface area contributed by atoms with Gasteiger partial charge in [-0.1, -0.05) is 23.7 Å². The topological polar surface area (TPSA) is 58.7 Å². The van der Waals surface area contributed by atoms with Crippen molar-refractivity contribution in [2.24, 2.45) is 0 Å². The van der Waals surface area contributed by atoms with Gasteiger partial charge in [-0.05, 0) is 36.4 Å². The Kier molecular flexibility index (Phi) is 2.97. The predicted octanol–water partition coefficient (Wildman–Crippen LogP) is 2.91. The molecule has 4 nitrogen and oxygen atoms in total. The highest BCUT2D eigenvalue weighted by atomic mass is 35.5. The van der Waals surface area contributed by atoms with Gasteiger partial charge in [0.15, 0.2) is 0 Å². The van der Waals surface area contributed by atoms with Crippen molar-refractivity contribution in [3.05, 3.63) is 69.7 Å². The van der Waals surface area contributed by atoms with E-state index in [9.17, 15) is 10.1 Å². The molecule has 0 radical (unpaired) electrons. The van der Waals surface area contributed by atoms with E-state index in [-0.39, 0.29) is 11.4 Å². The van der Waals surface area contributed by atoms with Gasteiger partial charge in [0.2, 0.25) is 5.82 Å². The number of fused-ring (bicyclic) bond motifs is 1. The van der Waals surface area contributed by atoms with Gasteiger partial charge in [-0.15, -0.1) is 0 Å². The first-order valence-electron chi connectivity index (χ1n) is 5.88. The van der Waals surface area contributed by atoms with Crippen LogP contribution in [0.25, 0.3) is 16.6 Å². The Labute approximate surface area is 119 Å². The molecule has 3 rings (SSSR count). The Morgan fingerprint density at radius 3 is 2.50 bits per heavy atom. The molecule has 1 aromatic heterocycles. The maximum Gasteiger partial charge on any atom is 0.266 e. The number of para-hydroxylation sites is 1. The molecule has 5 heteroatoms. The number of benzene rings is 2. The Bertz CT molecular complexity index is 892. The second-order valence-corrected chi connectivity index (χ2v) is 4.62. The van der Waals surface area contributed by atoms with Crippen molar-refractivity contribution in [3.8, 4) is 11.8 Å². The summed E-state index contributed by atoms with van der Waals surface area (Å²) < 4.78 is 1.29. The minimum atomic E-state index is -0.269. The van der Waals surface area contributed by atoms with Gasteiger partial charge in [-0.3, -0.25) is 9.36 Å². The fraction of sp³-hybridized carbons (Fsp3) is 0. The zero-order valence-corrected chi connectivity index (χ0v) is 11.0. The van der Waals surface area contributed by atoms with Crippen molar-refractivity contribution in [3.63, 3.8) is 0 Å². The van der Waals surface area contributed by atoms with E-state index in [1.54, 1.807) is 48.5 Å². The minimum Gasteiger partial charge on any atom is -0.268 e. The molecule has 0 spiro atoms. The zero-order chi connectivity index (χ0) is 14.1. The van der Waals surface area contributed by atoms with E-state index in [2.05, 4.69) is 4.98 Å². The first-order chi connectivity index (χ1) is 9.70. The molecule has 96 valence electrons. The standard InChI is InChI=1S/C15H8ClN3O/c16-10-5-7-11(8-6-10)19-14(9-17)18-13-4-2-1-3-12(13)15(19)20/h1-8H. The number of rotatable bonds is 1. The van der Waals surface area contributed by atoms with E-state index >= 15 is 0 Å². The van der Waals surface area contributed by atoms with E-state index in [1.807, 2.05) is 6.07 Å². The highest BCUT2D eigenvalue weighted by Crippen LogP contribution is 2.15.